The van der Waals surface area contributed by atoms with E-state index in [1.54, 1.807) is 23.5 Å². The Morgan fingerprint density at radius 1 is 1.54 bits per heavy atom. The Morgan fingerprint density at radius 2 is 2.38 bits per heavy atom. The fourth-order valence-corrected chi connectivity index (χ4v) is 1.80. The molecule has 0 saturated heterocycles. The molecule has 0 N–H and O–H groups in total. The number of hydrogen-bond acceptors (Lipinski definition) is 3. The van der Waals surface area contributed by atoms with Crippen LogP contribution in [0.5, 0.6) is 0 Å². The number of furan rings is 1. The lowest BCUT2D eigenvalue weighted by atomic mass is 10.2. The lowest BCUT2D eigenvalue weighted by Gasteiger charge is -1.90. The lowest BCUT2D eigenvalue weighted by molar-refractivity contribution is 0.101. The summed E-state index contributed by atoms with van der Waals surface area (Å²) < 4.78 is 5.01. The Labute approximate surface area is 79.8 Å². The molecular formula is C10H8O2S. The van der Waals surface area contributed by atoms with E-state index in [2.05, 4.69) is 0 Å². The maximum absolute atomic E-state index is 11.6. The predicted molar refractivity (Wildman–Crippen MR) is 51.2 cm³/mol. The van der Waals surface area contributed by atoms with E-state index in [-0.39, 0.29) is 5.78 Å². The molecule has 0 fully saturated rings. The molecule has 66 valence electrons. The van der Waals surface area contributed by atoms with Gasteiger partial charge in [0.05, 0.1) is 6.26 Å². The monoisotopic (exact) mass is 192 g/mol. The van der Waals surface area contributed by atoms with Crippen molar-refractivity contribution in [2.45, 2.75) is 6.92 Å². The Morgan fingerprint density at radius 3 is 2.92 bits per heavy atom. The highest BCUT2D eigenvalue weighted by Gasteiger charge is 2.12. The number of carbonyl (C=O) groups is 1. The summed E-state index contributed by atoms with van der Waals surface area (Å²) in [5.74, 6) is 0.354. The van der Waals surface area contributed by atoms with Crippen LogP contribution in [-0.4, -0.2) is 5.78 Å². The van der Waals surface area contributed by atoms with Gasteiger partial charge in [0, 0.05) is 15.8 Å². The molecule has 2 aromatic heterocycles. The van der Waals surface area contributed by atoms with Gasteiger partial charge in [-0.3, -0.25) is 4.79 Å². The molecule has 3 heteroatoms. The molecule has 0 bridgehead atoms. The first-order valence-electron chi connectivity index (χ1n) is 3.91. The first kappa shape index (κ1) is 8.26. The normalized spacial score (nSPS) is 10.2. The molecule has 0 aliphatic rings. The van der Waals surface area contributed by atoms with Crippen molar-refractivity contribution in [3.8, 4) is 0 Å². The van der Waals surface area contributed by atoms with Crippen LogP contribution < -0.4 is 0 Å². The fourth-order valence-electron chi connectivity index (χ4n) is 1.11. The van der Waals surface area contributed by atoms with Crippen molar-refractivity contribution in [3.63, 3.8) is 0 Å². The molecule has 0 aromatic carbocycles. The molecule has 2 rings (SSSR count). The second kappa shape index (κ2) is 3.18. The molecule has 0 unspecified atom stereocenters. The number of thiophene rings is 1. The summed E-state index contributed by atoms with van der Waals surface area (Å²) in [4.78, 5) is 12.8. The molecule has 0 aliphatic heterocycles. The summed E-state index contributed by atoms with van der Waals surface area (Å²) in [6.45, 7) is 1.98. The zero-order valence-corrected chi connectivity index (χ0v) is 7.93. The Hall–Kier alpha value is -1.35. The molecule has 0 aliphatic carbocycles. The highest BCUT2D eigenvalue weighted by molar-refractivity contribution is 7.10. The van der Waals surface area contributed by atoms with Crippen LogP contribution in [0.1, 0.15) is 21.0 Å². The van der Waals surface area contributed by atoms with Crippen molar-refractivity contribution in [3.05, 3.63) is 46.0 Å². The van der Waals surface area contributed by atoms with Crippen LogP contribution >= 0.6 is 11.3 Å². The third-order valence-electron chi connectivity index (χ3n) is 1.74. The van der Waals surface area contributed by atoms with Crippen LogP contribution in [0.3, 0.4) is 0 Å². The minimum absolute atomic E-state index is 0.0469. The van der Waals surface area contributed by atoms with Gasteiger partial charge in [-0.25, -0.2) is 0 Å². The Kier molecular flexibility index (Phi) is 2.02. The van der Waals surface area contributed by atoms with Crippen molar-refractivity contribution >= 4 is 17.1 Å². The topological polar surface area (TPSA) is 30.2 Å². The molecule has 0 saturated carbocycles. The number of carbonyl (C=O) groups excluding carboxylic acids is 1. The van der Waals surface area contributed by atoms with E-state index < -0.39 is 0 Å². The average molecular weight is 192 g/mol. The van der Waals surface area contributed by atoms with Crippen molar-refractivity contribution < 1.29 is 9.21 Å². The van der Waals surface area contributed by atoms with E-state index in [1.165, 1.54) is 6.26 Å². The lowest BCUT2D eigenvalue weighted by Crippen LogP contribution is -1.96. The minimum Gasteiger partial charge on any atom is -0.461 e. The summed E-state index contributed by atoms with van der Waals surface area (Å²) in [5.41, 5.74) is 0.706. The van der Waals surface area contributed by atoms with Crippen molar-refractivity contribution in [1.82, 2.24) is 0 Å². The Balaban J connectivity index is 2.33. The van der Waals surface area contributed by atoms with Crippen LogP contribution in [0.25, 0.3) is 0 Å². The first-order chi connectivity index (χ1) is 6.27. The van der Waals surface area contributed by atoms with Gasteiger partial charge < -0.3 is 4.42 Å². The highest BCUT2D eigenvalue weighted by atomic mass is 32.1. The second-order valence-electron chi connectivity index (χ2n) is 2.75. The van der Waals surface area contributed by atoms with E-state index in [0.29, 0.717) is 11.3 Å². The van der Waals surface area contributed by atoms with Gasteiger partial charge in [-0.15, -0.1) is 11.3 Å². The average Bonchev–Trinajstić information content (AvgIpc) is 2.72. The summed E-state index contributed by atoms with van der Waals surface area (Å²) in [6.07, 6.45) is 1.51. The SMILES string of the molecule is Cc1cc(C(=O)c2ccco2)cs1. The van der Waals surface area contributed by atoms with Crippen LogP contribution in [0, 0.1) is 6.92 Å². The van der Waals surface area contributed by atoms with E-state index in [9.17, 15) is 4.79 Å². The number of hydrogen-bond donors (Lipinski definition) is 0. The quantitative estimate of drug-likeness (QED) is 0.685. The molecule has 0 amide bonds. The van der Waals surface area contributed by atoms with Gasteiger partial charge in [0.15, 0.2) is 5.76 Å². The van der Waals surface area contributed by atoms with E-state index in [1.807, 2.05) is 18.4 Å². The van der Waals surface area contributed by atoms with E-state index >= 15 is 0 Å². The van der Waals surface area contributed by atoms with Gasteiger partial charge in [-0.05, 0) is 25.1 Å². The van der Waals surface area contributed by atoms with Gasteiger partial charge in [-0.1, -0.05) is 0 Å². The maximum Gasteiger partial charge on any atom is 0.229 e. The molecule has 0 atom stereocenters. The molecule has 13 heavy (non-hydrogen) atoms. The van der Waals surface area contributed by atoms with Gasteiger partial charge in [0.2, 0.25) is 5.78 Å². The molecule has 2 heterocycles. The van der Waals surface area contributed by atoms with E-state index in [4.69, 9.17) is 4.42 Å². The first-order valence-corrected chi connectivity index (χ1v) is 4.78. The fraction of sp³-hybridized carbons (Fsp3) is 0.100. The van der Waals surface area contributed by atoms with Crippen molar-refractivity contribution in [1.29, 1.82) is 0 Å². The number of aryl methyl sites for hydroxylation is 1. The van der Waals surface area contributed by atoms with Crippen LogP contribution in [0.15, 0.2) is 34.3 Å². The molecule has 0 spiro atoms. The molecule has 2 aromatic rings. The predicted octanol–water partition coefficient (Wildman–Crippen LogP) is 2.88. The smallest absolute Gasteiger partial charge is 0.229 e. The van der Waals surface area contributed by atoms with Crippen LogP contribution in [0.4, 0.5) is 0 Å². The minimum atomic E-state index is -0.0469. The van der Waals surface area contributed by atoms with Crippen LogP contribution in [0.2, 0.25) is 0 Å². The van der Waals surface area contributed by atoms with Gasteiger partial charge >= 0.3 is 0 Å². The van der Waals surface area contributed by atoms with Gasteiger partial charge in [0.25, 0.3) is 0 Å². The molecule has 2 nitrogen and oxygen atoms in total. The molecule has 0 radical (unpaired) electrons. The van der Waals surface area contributed by atoms with Gasteiger partial charge in [-0.2, -0.15) is 0 Å². The standard InChI is InChI=1S/C10H8O2S/c1-7-5-8(6-13-7)10(11)9-3-2-4-12-9/h2-6H,1H3. The zero-order chi connectivity index (χ0) is 9.26. The zero-order valence-electron chi connectivity index (χ0n) is 7.11. The van der Waals surface area contributed by atoms with Crippen LogP contribution in [-0.2, 0) is 0 Å². The summed E-state index contributed by atoms with van der Waals surface area (Å²) in [6, 6.07) is 5.26. The van der Waals surface area contributed by atoms with E-state index in [0.717, 1.165) is 4.88 Å². The van der Waals surface area contributed by atoms with Crippen molar-refractivity contribution in [2.75, 3.05) is 0 Å². The second-order valence-corrected chi connectivity index (χ2v) is 3.87. The third kappa shape index (κ3) is 1.55. The maximum atomic E-state index is 11.6. The summed E-state index contributed by atoms with van der Waals surface area (Å²) in [5, 5.41) is 1.85. The number of ketones is 1. The largest absolute Gasteiger partial charge is 0.461 e. The highest BCUT2D eigenvalue weighted by Crippen LogP contribution is 2.17. The molecular weight excluding hydrogens is 184 g/mol. The summed E-state index contributed by atoms with van der Waals surface area (Å²) >= 11 is 1.57. The third-order valence-corrected chi connectivity index (χ3v) is 2.60. The van der Waals surface area contributed by atoms with Gasteiger partial charge in [0.1, 0.15) is 0 Å². The Bertz CT molecular complexity index is 412. The summed E-state index contributed by atoms with van der Waals surface area (Å²) in [7, 11) is 0. The van der Waals surface area contributed by atoms with Crippen molar-refractivity contribution in [2.24, 2.45) is 0 Å². The number of rotatable bonds is 2.